The van der Waals surface area contributed by atoms with E-state index in [-0.39, 0.29) is 50.3 Å². The monoisotopic (exact) mass is 437 g/mol. The maximum atomic E-state index is 8.09. The van der Waals surface area contributed by atoms with Gasteiger partial charge in [-0.15, -0.1) is 35.8 Å². The van der Waals surface area contributed by atoms with Crippen molar-refractivity contribution in [3.63, 3.8) is 0 Å². The Labute approximate surface area is 133 Å². The molecule has 1 aromatic heterocycles. The van der Waals surface area contributed by atoms with Crippen LogP contribution in [0.3, 0.4) is 0 Å². The van der Waals surface area contributed by atoms with Crippen LogP contribution in [-0.2, 0) is 20.1 Å². The van der Waals surface area contributed by atoms with Crippen molar-refractivity contribution in [1.29, 1.82) is 0 Å². The van der Waals surface area contributed by atoms with E-state index in [0.717, 1.165) is 25.7 Å². The topological polar surface area (TPSA) is 30.7 Å². The van der Waals surface area contributed by atoms with Crippen LogP contribution in [0.2, 0.25) is 0 Å². The molecule has 1 radical (unpaired) electrons. The van der Waals surface area contributed by atoms with Crippen LogP contribution < -0.4 is 0 Å². The molecule has 3 nitrogen and oxygen atoms in total. The second-order valence-electron chi connectivity index (χ2n) is 4.72. The first-order valence-electron chi connectivity index (χ1n) is 8.42. The fourth-order valence-corrected chi connectivity index (χ4v) is 2.54. The van der Waals surface area contributed by atoms with E-state index in [2.05, 4.69) is 16.1 Å². The number of aryl methyl sites for hydroxylation is 1. The molecule has 0 amide bonds. The summed E-state index contributed by atoms with van der Waals surface area (Å²) in [7, 11) is 0. The van der Waals surface area contributed by atoms with Crippen LogP contribution in [0.1, 0.15) is 49.5 Å². The quantitative estimate of drug-likeness (QED) is 0.674. The predicted octanol–water partition coefficient (Wildman–Crippen LogP) is 3.56. The van der Waals surface area contributed by atoms with E-state index >= 15 is 0 Å². The van der Waals surface area contributed by atoms with Crippen LogP contribution in [0.5, 0.6) is 0 Å². The van der Waals surface area contributed by atoms with E-state index in [0.29, 0.717) is 17.2 Å². The van der Waals surface area contributed by atoms with Crippen molar-refractivity contribution < 1.29 is 25.6 Å². The van der Waals surface area contributed by atoms with Crippen LogP contribution in [0, 0.1) is 13.0 Å². The third-order valence-corrected chi connectivity index (χ3v) is 3.38. The van der Waals surface area contributed by atoms with Gasteiger partial charge in [0.15, 0.2) is 0 Å². The van der Waals surface area contributed by atoms with Crippen LogP contribution >= 0.6 is 0 Å². The summed E-state index contributed by atoms with van der Waals surface area (Å²) in [5.41, 5.74) is 0.303. The van der Waals surface area contributed by atoms with Gasteiger partial charge in [-0.25, -0.2) is 0 Å². The minimum absolute atomic E-state index is 0. The smallest absolute Gasteiger partial charge is 0.137 e. The van der Waals surface area contributed by atoms with E-state index in [4.69, 9.17) is 5.48 Å². The number of hydrogen-bond acceptors (Lipinski definition) is 2. The molecule has 1 fully saturated rings. The molecule has 103 valence electrons. The summed E-state index contributed by atoms with van der Waals surface area (Å²) < 4.78 is 33.1. The fraction of sp³-hybridized carbons (Fsp3) is 0.467. The van der Waals surface area contributed by atoms with Crippen molar-refractivity contribution in [3.05, 3.63) is 36.1 Å². The van der Waals surface area contributed by atoms with Crippen molar-refractivity contribution in [2.24, 2.45) is 0 Å². The standard InChI is InChI=1S/C15H18N3.Ir/c1-12-16-15(13-8-4-2-5-9-13)18(17-12)14-10-6-3-7-11-14;/h2,4-5,8,14H,3,6-7,10-11H2,1H3;/q-1;/i2D,4D,5D,8D;. The van der Waals surface area contributed by atoms with E-state index in [1.807, 2.05) is 4.68 Å². The van der Waals surface area contributed by atoms with Crippen LogP contribution in [0.4, 0.5) is 0 Å². The minimum atomic E-state index is -0.269. The Morgan fingerprint density at radius 3 is 2.89 bits per heavy atom. The summed E-state index contributed by atoms with van der Waals surface area (Å²) in [6, 6.07) is 2.18. The van der Waals surface area contributed by atoms with Gasteiger partial charge in [0.1, 0.15) is 5.82 Å². The molecule has 0 unspecified atom stereocenters. The normalized spacial score (nSPS) is 19.0. The van der Waals surface area contributed by atoms with Crippen LogP contribution in [0.15, 0.2) is 24.2 Å². The Hall–Kier alpha value is -0.991. The van der Waals surface area contributed by atoms with Gasteiger partial charge in [0.25, 0.3) is 0 Å². The number of hydrogen-bond donors (Lipinski definition) is 0. The van der Waals surface area contributed by atoms with Gasteiger partial charge in [-0.3, -0.25) is 9.67 Å². The third kappa shape index (κ3) is 3.13. The Morgan fingerprint density at radius 2 is 2.11 bits per heavy atom. The molecule has 0 spiro atoms. The zero-order chi connectivity index (χ0) is 15.9. The van der Waals surface area contributed by atoms with Crippen molar-refractivity contribution in [1.82, 2.24) is 14.8 Å². The Kier molecular flexibility index (Phi) is 3.34. The number of aromatic nitrogens is 3. The summed E-state index contributed by atoms with van der Waals surface area (Å²) in [4.78, 5) is 4.40. The van der Waals surface area contributed by atoms with Crippen molar-refractivity contribution in [2.75, 3.05) is 0 Å². The predicted molar refractivity (Wildman–Crippen MR) is 71.2 cm³/mol. The molecular formula is C15H18IrN3-. The van der Waals surface area contributed by atoms with Gasteiger partial charge < -0.3 is 0 Å². The van der Waals surface area contributed by atoms with Gasteiger partial charge in [-0.2, -0.15) is 5.10 Å². The Balaban J connectivity index is 0.00000192. The molecule has 0 atom stereocenters. The molecule has 0 bridgehead atoms. The molecule has 1 aromatic carbocycles. The number of nitrogens with zero attached hydrogens (tertiary/aromatic N) is 3. The summed E-state index contributed by atoms with van der Waals surface area (Å²) in [5, 5.41) is 4.47. The molecule has 0 aliphatic heterocycles. The van der Waals surface area contributed by atoms with Gasteiger partial charge >= 0.3 is 0 Å². The molecule has 3 rings (SSSR count). The molecule has 0 N–H and O–H groups in total. The van der Waals surface area contributed by atoms with Crippen LogP contribution in [-0.4, -0.2) is 14.8 Å². The van der Waals surface area contributed by atoms with E-state index < -0.39 is 0 Å². The Bertz CT molecular complexity index is 711. The van der Waals surface area contributed by atoms with E-state index in [1.54, 1.807) is 6.92 Å². The maximum absolute atomic E-state index is 8.09. The molecule has 1 aliphatic carbocycles. The third-order valence-electron chi connectivity index (χ3n) is 3.38. The second kappa shape index (κ2) is 6.44. The van der Waals surface area contributed by atoms with Gasteiger partial charge in [-0.1, -0.05) is 19.3 Å². The Morgan fingerprint density at radius 1 is 1.32 bits per heavy atom. The number of rotatable bonds is 2. The first-order valence-corrected chi connectivity index (χ1v) is 6.42. The summed E-state index contributed by atoms with van der Waals surface area (Å²) in [5.74, 6) is 1.11. The molecule has 1 aliphatic rings. The van der Waals surface area contributed by atoms with Gasteiger partial charge in [0.05, 0.1) is 5.82 Å². The fourth-order valence-electron chi connectivity index (χ4n) is 2.54. The van der Waals surface area contributed by atoms with Crippen molar-refractivity contribution in [2.45, 2.75) is 45.1 Å². The molecule has 0 saturated heterocycles. The first-order chi connectivity index (χ1) is 10.5. The molecule has 1 saturated carbocycles. The molecule has 2 aromatic rings. The zero-order valence-corrected chi connectivity index (χ0v) is 13.2. The molecule has 4 heteroatoms. The van der Waals surface area contributed by atoms with E-state index in [9.17, 15) is 0 Å². The largest absolute Gasteiger partial charge is 0.283 e. The maximum Gasteiger partial charge on any atom is 0.137 e. The molecule has 1 heterocycles. The van der Waals surface area contributed by atoms with Crippen molar-refractivity contribution >= 4 is 0 Å². The molecule has 19 heavy (non-hydrogen) atoms. The summed E-state index contributed by atoms with van der Waals surface area (Å²) in [6.07, 6.45) is 5.60. The average molecular weight is 437 g/mol. The SMILES string of the molecule is [2H]c1[c-]c(-c2nc(C)nn2C2CCCCC2)c([2H])c([2H])c1[2H].[Ir]. The zero-order valence-electron chi connectivity index (χ0n) is 14.8. The average Bonchev–Trinajstić information content (AvgIpc) is 2.91. The van der Waals surface area contributed by atoms with Gasteiger partial charge in [0, 0.05) is 28.9 Å². The van der Waals surface area contributed by atoms with Crippen LogP contribution in [0.25, 0.3) is 11.4 Å². The van der Waals surface area contributed by atoms with Crippen molar-refractivity contribution in [3.8, 4) is 11.4 Å². The summed E-state index contributed by atoms with van der Waals surface area (Å²) in [6.45, 7) is 1.80. The first kappa shape index (κ1) is 9.84. The minimum Gasteiger partial charge on any atom is -0.283 e. The summed E-state index contributed by atoms with van der Waals surface area (Å²) >= 11 is 0. The van der Waals surface area contributed by atoms with Gasteiger partial charge in [-0.05, 0) is 22.5 Å². The van der Waals surface area contributed by atoms with E-state index in [1.165, 1.54) is 6.42 Å². The van der Waals surface area contributed by atoms with Gasteiger partial charge in [0.2, 0.25) is 0 Å². The second-order valence-corrected chi connectivity index (χ2v) is 4.72. The molecular weight excluding hydrogens is 414 g/mol. The number of benzene rings is 1.